The van der Waals surface area contributed by atoms with Crippen LogP contribution in [0.15, 0.2) is 24.4 Å². The highest BCUT2D eigenvalue weighted by molar-refractivity contribution is 6.30. The summed E-state index contributed by atoms with van der Waals surface area (Å²) >= 11 is 5.99. The van der Waals surface area contributed by atoms with E-state index in [4.69, 9.17) is 22.2 Å². The number of hydrogen-bond donors (Lipinski definition) is 2. The Kier molecular flexibility index (Phi) is 4.94. The van der Waals surface area contributed by atoms with E-state index in [-0.39, 0.29) is 6.04 Å². The quantitative estimate of drug-likeness (QED) is 0.629. The maximum absolute atomic E-state index is 5.99. The second kappa shape index (κ2) is 6.69. The van der Waals surface area contributed by atoms with E-state index in [2.05, 4.69) is 22.7 Å². The molecule has 1 aromatic heterocycles. The number of aryl methyl sites for hydroxylation is 1. The number of methoxy groups -OCH3 is 1. The van der Waals surface area contributed by atoms with Crippen LogP contribution in [0.5, 0.6) is 5.75 Å². The van der Waals surface area contributed by atoms with Gasteiger partial charge in [0.25, 0.3) is 0 Å². The molecule has 0 fully saturated rings. The summed E-state index contributed by atoms with van der Waals surface area (Å²) in [6.07, 6.45) is 2.67. The molecule has 2 rings (SSSR count). The van der Waals surface area contributed by atoms with E-state index in [9.17, 15) is 0 Å². The molecule has 0 saturated carbocycles. The van der Waals surface area contributed by atoms with Gasteiger partial charge in [0.1, 0.15) is 5.75 Å². The van der Waals surface area contributed by atoms with Gasteiger partial charge in [-0.05, 0) is 18.6 Å². The molecule has 0 aliphatic rings. The van der Waals surface area contributed by atoms with Crippen LogP contribution < -0.4 is 16.0 Å². The Labute approximate surface area is 122 Å². The first-order valence-corrected chi connectivity index (χ1v) is 6.77. The minimum atomic E-state index is -0.260. The van der Waals surface area contributed by atoms with Gasteiger partial charge >= 0.3 is 0 Å². The smallest absolute Gasteiger partial charge is 0.125 e. The molecular formula is C13H18ClN5O. The molecule has 6 nitrogen and oxygen atoms in total. The molecule has 0 spiro atoms. The van der Waals surface area contributed by atoms with Crippen molar-refractivity contribution in [3.05, 3.63) is 40.7 Å². The first kappa shape index (κ1) is 14.8. The fourth-order valence-electron chi connectivity index (χ4n) is 2.13. The van der Waals surface area contributed by atoms with E-state index < -0.39 is 0 Å². The van der Waals surface area contributed by atoms with E-state index in [0.29, 0.717) is 10.8 Å². The summed E-state index contributed by atoms with van der Waals surface area (Å²) < 4.78 is 7.21. The summed E-state index contributed by atoms with van der Waals surface area (Å²) in [4.78, 5) is 0. The first-order chi connectivity index (χ1) is 9.71. The second-order valence-electron chi connectivity index (χ2n) is 4.37. The maximum atomic E-state index is 5.99. The third-order valence-electron chi connectivity index (χ3n) is 3.05. The molecule has 20 heavy (non-hydrogen) atoms. The largest absolute Gasteiger partial charge is 0.496 e. The van der Waals surface area contributed by atoms with Gasteiger partial charge in [-0.1, -0.05) is 29.8 Å². The summed E-state index contributed by atoms with van der Waals surface area (Å²) in [6, 6.07) is 5.19. The molecule has 0 saturated heterocycles. The lowest BCUT2D eigenvalue weighted by Crippen LogP contribution is -2.31. The summed E-state index contributed by atoms with van der Waals surface area (Å²) in [5, 5.41) is 8.65. The molecule has 7 heteroatoms. The number of benzene rings is 1. The zero-order valence-corrected chi connectivity index (χ0v) is 12.3. The van der Waals surface area contributed by atoms with E-state index in [1.165, 1.54) is 0 Å². The van der Waals surface area contributed by atoms with Crippen LogP contribution >= 0.6 is 11.6 Å². The van der Waals surface area contributed by atoms with Crippen LogP contribution in [0.2, 0.25) is 5.02 Å². The van der Waals surface area contributed by atoms with Gasteiger partial charge in [-0.25, -0.2) is 10.1 Å². The first-order valence-electron chi connectivity index (χ1n) is 6.39. The Morgan fingerprint density at radius 3 is 2.95 bits per heavy atom. The summed E-state index contributed by atoms with van der Waals surface area (Å²) in [7, 11) is 1.60. The molecule has 2 aromatic rings. The number of hydrazine groups is 1. The molecule has 0 aliphatic carbocycles. The zero-order chi connectivity index (χ0) is 14.5. The molecule has 0 aliphatic heterocycles. The normalized spacial score (nSPS) is 12.4. The Balaban J connectivity index is 2.44. The van der Waals surface area contributed by atoms with Gasteiger partial charge in [-0.3, -0.25) is 5.84 Å². The Hall–Kier alpha value is -1.63. The maximum Gasteiger partial charge on any atom is 0.125 e. The summed E-state index contributed by atoms with van der Waals surface area (Å²) in [5.74, 6) is 6.39. The molecule has 1 atom stereocenters. The van der Waals surface area contributed by atoms with Crippen LogP contribution in [-0.4, -0.2) is 22.1 Å². The topological polar surface area (TPSA) is 78.0 Å². The highest BCUT2D eigenvalue weighted by atomic mass is 35.5. The number of nitrogens with two attached hydrogens (primary N) is 1. The zero-order valence-electron chi connectivity index (χ0n) is 11.5. The van der Waals surface area contributed by atoms with Crippen molar-refractivity contribution in [1.82, 2.24) is 20.4 Å². The average molecular weight is 296 g/mol. The number of hydrogen-bond acceptors (Lipinski definition) is 5. The van der Waals surface area contributed by atoms with Crippen LogP contribution in [0.4, 0.5) is 0 Å². The van der Waals surface area contributed by atoms with Gasteiger partial charge in [0.15, 0.2) is 0 Å². The lowest BCUT2D eigenvalue weighted by molar-refractivity contribution is 0.401. The van der Waals surface area contributed by atoms with Crippen molar-refractivity contribution < 1.29 is 4.74 Å². The van der Waals surface area contributed by atoms with Crippen molar-refractivity contribution in [3.8, 4) is 5.75 Å². The molecule has 1 heterocycles. The molecular weight excluding hydrogens is 278 g/mol. The van der Waals surface area contributed by atoms with Gasteiger partial charge in [0, 0.05) is 17.1 Å². The van der Waals surface area contributed by atoms with Crippen LogP contribution in [0.1, 0.15) is 30.6 Å². The number of halogens is 1. The highest BCUT2D eigenvalue weighted by Crippen LogP contribution is 2.31. The van der Waals surface area contributed by atoms with Crippen LogP contribution in [0.25, 0.3) is 0 Å². The van der Waals surface area contributed by atoms with Crippen LogP contribution in [-0.2, 0) is 6.54 Å². The Morgan fingerprint density at radius 1 is 1.50 bits per heavy atom. The molecule has 108 valence electrons. The Morgan fingerprint density at radius 2 is 2.30 bits per heavy atom. The summed E-state index contributed by atoms with van der Waals surface area (Å²) in [6.45, 7) is 2.86. The lowest BCUT2D eigenvalue weighted by Gasteiger charge is -2.19. The van der Waals surface area contributed by atoms with Gasteiger partial charge in [0.05, 0.1) is 25.0 Å². The molecule has 0 amide bonds. The molecule has 0 radical (unpaired) electrons. The number of rotatable bonds is 6. The molecule has 1 aromatic carbocycles. The fraction of sp³-hybridized carbons (Fsp3) is 0.385. The van der Waals surface area contributed by atoms with E-state index in [1.54, 1.807) is 25.4 Å². The minimum Gasteiger partial charge on any atom is -0.496 e. The predicted octanol–water partition coefficient (Wildman–Crippen LogP) is 1.90. The SMILES string of the molecule is CCCn1nncc1C(NN)c1ccc(Cl)cc1OC. The van der Waals surface area contributed by atoms with Crippen LogP contribution in [0, 0.1) is 0 Å². The number of ether oxygens (including phenoxy) is 1. The molecule has 0 bridgehead atoms. The number of nitrogens with one attached hydrogen (secondary N) is 1. The van der Waals surface area contributed by atoms with Crippen molar-refractivity contribution in [2.45, 2.75) is 25.9 Å². The fourth-order valence-corrected chi connectivity index (χ4v) is 2.29. The summed E-state index contributed by atoms with van der Waals surface area (Å²) in [5.41, 5.74) is 4.56. The number of nitrogens with zero attached hydrogens (tertiary/aromatic N) is 3. The van der Waals surface area contributed by atoms with Gasteiger partial charge in [-0.15, -0.1) is 5.10 Å². The second-order valence-corrected chi connectivity index (χ2v) is 4.80. The highest BCUT2D eigenvalue weighted by Gasteiger charge is 2.21. The van der Waals surface area contributed by atoms with E-state index in [1.807, 2.05) is 10.7 Å². The third kappa shape index (κ3) is 2.92. The van der Waals surface area contributed by atoms with Gasteiger partial charge < -0.3 is 4.74 Å². The van der Waals surface area contributed by atoms with Gasteiger partial charge in [-0.2, -0.15) is 0 Å². The van der Waals surface area contributed by atoms with Crippen molar-refractivity contribution in [3.63, 3.8) is 0 Å². The van der Waals surface area contributed by atoms with Crippen molar-refractivity contribution in [2.24, 2.45) is 5.84 Å². The van der Waals surface area contributed by atoms with Crippen molar-refractivity contribution in [2.75, 3.05) is 7.11 Å². The standard InChI is InChI=1S/C13H18ClN5O/c1-3-6-19-11(8-16-18-19)13(17-15)10-5-4-9(14)7-12(10)20-2/h4-5,7-8,13,17H,3,6,15H2,1-2H3. The number of aromatic nitrogens is 3. The third-order valence-corrected chi connectivity index (χ3v) is 3.29. The predicted molar refractivity (Wildman–Crippen MR) is 77.5 cm³/mol. The van der Waals surface area contributed by atoms with Crippen molar-refractivity contribution >= 4 is 11.6 Å². The lowest BCUT2D eigenvalue weighted by atomic mass is 10.0. The van der Waals surface area contributed by atoms with Crippen molar-refractivity contribution in [1.29, 1.82) is 0 Å². The Bertz CT molecular complexity index is 572. The van der Waals surface area contributed by atoms with E-state index >= 15 is 0 Å². The van der Waals surface area contributed by atoms with Gasteiger partial charge in [0.2, 0.25) is 0 Å². The molecule has 1 unspecified atom stereocenters. The van der Waals surface area contributed by atoms with Crippen LogP contribution in [0.3, 0.4) is 0 Å². The minimum absolute atomic E-state index is 0.260. The molecule has 3 N–H and O–H groups in total. The monoisotopic (exact) mass is 295 g/mol. The average Bonchev–Trinajstić information content (AvgIpc) is 2.90. The van der Waals surface area contributed by atoms with E-state index in [0.717, 1.165) is 24.2 Å².